The van der Waals surface area contributed by atoms with Crippen molar-refractivity contribution >= 4 is 29.9 Å². The predicted molar refractivity (Wildman–Crippen MR) is 85.4 cm³/mol. The first kappa shape index (κ1) is 17.0. The van der Waals surface area contributed by atoms with Crippen LogP contribution in [0.2, 0.25) is 0 Å². The molecule has 0 aromatic carbocycles. The number of aliphatic imine (C=N–C) groups is 1. The molecule has 0 aromatic rings. The lowest BCUT2D eigenvalue weighted by atomic mass is 10.4. The molecular formula is C12H27IN4. The average molecular weight is 354 g/mol. The van der Waals surface area contributed by atoms with Gasteiger partial charge in [0.15, 0.2) is 5.96 Å². The maximum atomic E-state index is 4.65. The largest absolute Gasteiger partial charge is 0.349 e. The number of halogens is 1. The summed E-state index contributed by atoms with van der Waals surface area (Å²) in [6, 6.07) is 0.849. The van der Waals surface area contributed by atoms with Gasteiger partial charge in [-0.2, -0.15) is 0 Å². The minimum atomic E-state index is 0. The molecule has 5 heteroatoms. The van der Waals surface area contributed by atoms with Crippen LogP contribution in [0.4, 0.5) is 0 Å². The van der Waals surface area contributed by atoms with E-state index in [-0.39, 0.29) is 24.0 Å². The first-order valence-corrected chi connectivity index (χ1v) is 6.19. The molecule has 0 amide bonds. The van der Waals surface area contributed by atoms with E-state index >= 15 is 0 Å². The fraction of sp³-hybridized carbons (Fsp3) is 0.917. The van der Waals surface area contributed by atoms with Gasteiger partial charge in [0.2, 0.25) is 0 Å². The van der Waals surface area contributed by atoms with Gasteiger partial charge in [-0.1, -0.05) is 6.92 Å². The lowest BCUT2D eigenvalue weighted by Crippen LogP contribution is -2.36. The molecule has 0 saturated heterocycles. The molecule has 0 bridgehead atoms. The Morgan fingerprint density at radius 1 is 1.12 bits per heavy atom. The second-order valence-corrected chi connectivity index (χ2v) is 4.83. The zero-order valence-corrected chi connectivity index (χ0v) is 14.1. The normalized spacial score (nSPS) is 14.2. The molecule has 17 heavy (non-hydrogen) atoms. The van der Waals surface area contributed by atoms with Crippen molar-refractivity contribution in [3.8, 4) is 0 Å². The lowest BCUT2D eigenvalue weighted by molar-refractivity contribution is 0.285. The number of rotatable bonds is 5. The van der Waals surface area contributed by atoms with Crippen LogP contribution in [0.1, 0.15) is 19.8 Å². The highest BCUT2D eigenvalue weighted by molar-refractivity contribution is 14.0. The first-order valence-electron chi connectivity index (χ1n) is 6.19. The summed E-state index contributed by atoms with van der Waals surface area (Å²) < 4.78 is 0. The minimum absolute atomic E-state index is 0. The molecule has 0 unspecified atom stereocenters. The van der Waals surface area contributed by atoms with E-state index in [9.17, 15) is 0 Å². The van der Waals surface area contributed by atoms with E-state index in [0.717, 1.165) is 31.6 Å². The summed E-state index contributed by atoms with van der Waals surface area (Å²) in [5, 5.41) is 0. The summed E-state index contributed by atoms with van der Waals surface area (Å²) in [6.07, 6.45) is 2.76. The van der Waals surface area contributed by atoms with Gasteiger partial charge in [-0.25, -0.2) is 0 Å². The van der Waals surface area contributed by atoms with Crippen LogP contribution in [0, 0.1) is 0 Å². The van der Waals surface area contributed by atoms with Gasteiger partial charge in [-0.05, 0) is 19.4 Å². The third kappa shape index (κ3) is 5.90. The highest BCUT2D eigenvalue weighted by Gasteiger charge is 2.27. The quantitative estimate of drug-likeness (QED) is 0.425. The summed E-state index contributed by atoms with van der Waals surface area (Å²) in [5.74, 6) is 1.05. The Morgan fingerprint density at radius 2 is 1.65 bits per heavy atom. The van der Waals surface area contributed by atoms with Gasteiger partial charge in [-0.15, -0.1) is 24.0 Å². The second-order valence-electron chi connectivity index (χ2n) is 4.83. The van der Waals surface area contributed by atoms with Crippen LogP contribution in [-0.4, -0.2) is 74.5 Å². The van der Waals surface area contributed by atoms with Crippen LogP contribution < -0.4 is 0 Å². The van der Waals surface area contributed by atoms with Gasteiger partial charge >= 0.3 is 0 Å². The Bertz CT molecular complexity index is 227. The highest BCUT2D eigenvalue weighted by atomic mass is 127. The van der Waals surface area contributed by atoms with E-state index in [1.54, 1.807) is 0 Å². The molecule has 0 heterocycles. The Hall–Kier alpha value is -0.0400. The monoisotopic (exact) mass is 354 g/mol. The Kier molecular flexibility index (Phi) is 8.11. The van der Waals surface area contributed by atoms with E-state index in [4.69, 9.17) is 0 Å². The van der Waals surface area contributed by atoms with E-state index in [2.05, 4.69) is 26.6 Å². The van der Waals surface area contributed by atoms with Gasteiger partial charge in [0.25, 0.3) is 0 Å². The molecule has 0 spiro atoms. The van der Waals surface area contributed by atoms with Gasteiger partial charge in [0, 0.05) is 40.8 Å². The zero-order chi connectivity index (χ0) is 12.1. The highest BCUT2D eigenvalue weighted by Crippen LogP contribution is 2.25. The van der Waals surface area contributed by atoms with E-state index < -0.39 is 0 Å². The van der Waals surface area contributed by atoms with Crippen LogP contribution >= 0.6 is 24.0 Å². The number of likely N-dealkylation sites (N-methyl/N-ethyl adjacent to an activating group) is 1. The topological polar surface area (TPSA) is 22.1 Å². The smallest absolute Gasteiger partial charge is 0.195 e. The number of hydrogen-bond acceptors (Lipinski definition) is 2. The second kappa shape index (κ2) is 8.13. The SMILES string of the molecule is CCN(CCN=C(N(C)C)N(C)C)C1CC1.I. The summed E-state index contributed by atoms with van der Waals surface area (Å²) in [5.41, 5.74) is 0. The molecular weight excluding hydrogens is 327 g/mol. The lowest BCUT2D eigenvalue weighted by Gasteiger charge is -2.24. The predicted octanol–water partition coefficient (Wildman–Crippen LogP) is 1.57. The summed E-state index contributed by atoms with van der Waals surface area (Å²) >= 11 is 0. The molecule has 0 radical (unpaired) electrons. The zero-order valence-electron chi connectivity index (χ0n) is 11.8. The van der Waals surface area contributed by atoms with Crippen molar-refractivity contribution < 1.29 is 0 Å². The van der Waals surface area contributed by atoms with Crippen molar-refractivity contribution in [2.75, 3.05) is 47.8 Å². The molecule has 0 N–H and O–H groups in total. The minimum Gasteiger partial charge on any atom is -0.349 e. The fourth-order valence-electron chi connectivity index (χ4n) is 2.00. The number of guanidine groups is 1. The maximum Gasteiger partial charge on any atom is 0.195 e. The summed E-state index contributed by atoms with van der Waals surface area (Å²) in [7, 11) is 8.16. The van der Waals surface area contributed by atoms with Crippen molar-refractivity contribution in [2.24, 2.45) is 4.99 Å². The molecule has 0 aromatic heterocycles. The molecule has 1 saturated carbocycles. The van der Waals surface area contributed by atoms with Gasteiger partial charge in [-0.3, -0.25) is 9.89 Å². The van der Waals surface area contributed by atoms with Crippen LogP contribution in [0.5, 0.6) is 0 Å². The van der Waals surface area contributed by atoms with Crippen molar-refractivity contribution in [3.05, 3.63) is 0 Å². The third-order valence-electron chi connectivity index (χ3n) is 2.91. The molecule has 0 atom stereocenters. The molecule has 102 valence electrons. The summed E-state index contributed by atoms with van der Waals surface area (Å²) in [6.45, 7) is 5.38. The maximum absolute atomic E-state index is 4.65. The van der Waals surface area contributed by atoms with Crippen molar-refractivity contribution in [1.29, 1.82) is 0 Å². The van der Waals surface area contributed by atoms with Crippen LogP contribution in [-0.2, 0) is 0 Å². The number of nitrogens with zero attached hydrogens (tertiary/aromatic N) is 4. The molecule has 0 aliphatic heterocycles. The molecule has 1 rings (SSSR count). The van der Waals surface area contributed by atoms with Gasteiger partial charge in [0.1, 0.15) is 0 Å². The Balaban J connectivity index is 0.00000256. The summed E-state index contributed by atoms with van der Waals surface area (Å²) in [4.78, 5) is 11.3. The number of hydrogen-bond donors (Lipinski definition) is 0. The third-order valence-corrected chi connectivity index (χ3v) is 2.91. The Morgan fingerprint density at radius 3 is 2.00 bits per heavy atom. The average Bonchev–Trinajstić information content (AvgIpc) is 3.00. The van der Waals surface area contributed by atoms with E-state index in [1.165, 1.54) is 12.8 Å². The first-order chi connectivity index (χ1) is 7.56. The van der Waals surface area contributed by atoms with Crippen molar-refractivity contribution in [3.63, 3.8) is 0 Å². The Labute approximate surface area is 123 Å². The molecule has 1 aliphatic carbocycles. The molecule has 4 nitrogen and oxygen atoms in total. The van der Waals surface area contributed by atoms with Gasteiger partial charge in [0.05, 0.1) is 6.54 Å². The molecule has 1 aliphatic rings. The molecule has 1 fully saturated rings. The van der Waals surface area contributed by atoms with Crippen LogP contribution in [0.15, 0.2) is 4.99 Å². The van der Waals surface area contributed by atoms with Crippen LogP contribution in [0.3, 0.4) is 0 Å². The fourth-order valence-corrected chi connectivity index (χ4v) is 2.00. The van der Waals surface area contributed by atoms with E-state index in [0.29, 0.717) is 0 Å². The van der Waals surface area contributed by atoms with Crippen molar-refractivity contribution in [1.82, 2.24) is 14.7 Å². The standard InChI is InChI=1S/C12H26N4.HI/c1-6-16(11-7-8-11)10-9-13-12(14(2)3)15(4)5;/h11H,6-10H2,1-5H3;1H. The van der Waals surface area contributed by atoms with Gasteiger partial charge < -0.3 is 9.80 Å². The van der Waals surface area contributed by atoms with Crippen LogP contribution in [0.25, 0.3) is 0 Å². The van der Waals surface area contributed by atoms with Crippen molar-refractivity contribution in [2.45, 2.75) is 25.8 Å². The van der Waals surface area contributed by atoms with E-state index in [1.807, 2.05) is 28.2 Å².